The molecule has 15 heavy (non-hydrogen) atoms. The molecule has 0 amide bonds. The SMILES string of the molecule is N#Cc1cnn(Cc2cccc(F)c2)c1. The minimum absolute atomic E-state index is 0.264. The van der Waals surface area contributed by atoms with E-state index in [0.717, 1.165) is 5.56 Å². The second-order valence-electron chi connectivity index (χ2n) is 3.17. The van der Waals surface area contributed by atoms with Gasteiger partial charge < -0.3 is 0 Å². The van der Waals surface area contributed by atoms with Gasteiger partial charge in [-0.25, -0.2) is 4.39 Å². The molecule has 2 aromatic rings. The first-order chi connectivity index (χ1) is 7.28. The third-order valence-corrected chi connectivity index (χ3v) is 2.00. The number of nitrogens with zero attached hydrogens (tertiary/aromatic N) is 3. The van der Waals surface area contributed by atoms with E-state index in [9.17, 15) is 4.39 Å². The van der Waals surface area contributed by atoms with Gasteiger partial charge in [-0.15, -0.1) is 0 Å². The average molecular weight is 201 g/mol. The van der Waals surface area contributed by atoms with E-state index in [1.807, 2.05) is 12.1 Å². The summed E-state index contributed by atoms with van der Waals surface area (Å²) in [5.41, 5.74) is 1.33. The number of nitriles is 1. The van der Waals surface area contributed by atoms with Gasteiger partial charge in [-0.2, -0.15) is 10.4 Å². The van der Waals surface area contributed by atoms with Crippen LogP contribution in [0.15, 0.2) is 36.7 Å². The number of benzene rings is 1. The van der Waals surface area contributed by atoms with Gasteiger partial charge in [-0.1, -0.05) is 12.1 Å². The summed E-state index contributed by atoms with van der Waals surface area (Å²) in [6.07, 6.45) is 3.12. The Labute approximate surface area is 86.4 Å². The third kappa shape index (κ3) is 2.20. The van der Waals surface area contributed by atoms with E-state index in [1.165, 1.54) is 18.3 Å². The van der Waals surface area contributed by atoms with Crippen LogP contribution in [0, 0.1) is 17.1 Å². The maximum Gasteiger partial charge on any atom is 0.123 e. The normalized spacial score (nSPS) is 9.87. The number of hydrogen-bond donors (Lipinski definition) is 0. The Bertz CT molecular complexity index is 511. The molecule has 0 aliphatic carbocycles. The highest BCUT2D eigenvalue weighted by molar-refractivity contribution is 5.23. The van der Waals surface area contributed by atoms with Crippen molar-refractivity contribution in [1.29, 1.82) is 5.26 Å². The smallest absolute Gasteiger partial charge is 0.123 e. The van der Waals surface area contributed by atoms with Crippen LogP contribution in [-0.4, -0.2) is 9.78 Å². The lowest BCUT2D eigenvalue weighted by Crippen LogP contribution is -1.99. The van der Waals surface area contributed by atoms with Crippen LogP contribution in [0.2, 0.25) is 0 Å². The predicted molar refractivity (Wildman–Crippen MR) is 52.4 cm³/mol. The Balaban J connectivity index is 2.19. The van der Waals surface area contributed by atoms with Crippen LogP contribution in [0.5, 0.6) is 0 Å². The van der Waals surface area contributed by atoms with Crippen molar-refractivity contribution in [3.05, 3.63) is 53.6 Å². The maximum atomic E-state index is 12.9. The van der Waals surface area contributed by atoms with Crippen LogP contribution in [0.4, 0.5) is 4.39 Å². The monoisotopic (exact) mass is 201 g/mol. The minimum Gasteiger partial charge on any atom is -0.267 e. The van der Waals surface area contributed by atoms with Crippen molar-refractivity contribution in [1.82, 2.24) is 9.78 Å². The van der Waals surface area contributed by atoms with Gasteiger partial charge in [0.1, 0.15) is 11.9 Å². The largest absolute Gasteiger partial charge is 0.267 e. The average Bonchev–Trinajstić information content (AvgIpc) is 2.65. The molecule has 0 N–H and O–H groups in total. The summed E-state index contributed by atoms with van der Waals surface area (Å²) in [7, 11) is 0. The molecule has 0 atom stereocenters. The number of rotatable bonds is 2. The first-order valence-corrected chi connectivity index (χ1v) is 4.45. The van der Waals surface area contributed by atoms with Gasteiger partial charge >= 0.3 is 0 Å². The quantitative estimate of drug-likeness (QED) is 0.745. The number of aromatic nitrogens is 2. The van der Waals surface area contributed by atoms with Crippen LogP contribution < -0.4 is 0 Å². The Hall–Kier alpha value is -2.15. The van der Waals surface area contributed by atoms with E-state index in [2.05, 4.69) is 5.10 Å². The van der Waals surface area contributed by atoms with Gasteiger partial charge in [0.2, 0.25) is 0 Å². The molecule has 1 aromatic carbocycles. The maximum absolute atomic E-state index is 12.9. The van der Waals surface area contributed by atoms with Crippen molar-refractivity contribution < 1.29 is 4.39 Å². The standard InChI is InChI=1S/C11H8FN3/c12-11-3-1-2-9(4-11)7-15-8-10(5-13)6-14-15/h1-4,6,8H,7H2. The van der Waals surface area contributed by atoms with Crippen molar-refractivity contribution in [3.63, 3.8) is 0 Å². The molecule has 0 spiro atoms. The molecule has 0 fully saturated rings. The van der Waals surface area contributed by atoms with Gasteiger partial charge in [-0.05, 0) is 17.7 Å². The second-order valence-corrected chi connectivity index (χ2v) is 3.17. The van der Waals surface area contributed by atoms with Crippen LogP contribution in [0.3, 0.4) is 0 Å². The fraction of sp³-hybridized carbons (Fsp3) is 0.0909. The Morgan fingerprint density at radius 2 is 2.33 bits per heavy atom. The van der Waals surface area contributed by atoms with E-state index >= 15 is 0 Å². The number of hydrogen-bond acceptors (Lipinski definition) is 2. The Morgan fingerprint density at radius 3 is 3.00 bits per heavy atom. The molecule has 0 saturated heterocycles. The van der Waals surface area contributed by atoms with E-state index in [0.29, 0.717) is 12.1 Å². The summed E-state index contributed by atoms with van der Waals surface area (Å²) in [5.74, 6) is -0.264. The van der Waals surface area contributed by atoms with E-state index in [1.54, 1.807) is 16.9 Å². The summed E-state index contributed by atoms with van der Waals surface area (Å²) in [6.45, 7) is 0.472. The fourth-order valence-electron chi connectivity index (χ4n) is 1.33. The van der Waals surface area contributed by atoms with E-state index in [4.69, 9.17) is 5.26 Å². The summed E-state index contributed by atoms with van der Waals surface area (Å²) < 4.78 is 14.5. The molecule has 3 nitrogen and oxygen atoms in total. The predicted octanol–water partition coefficient (Wildman–Crippen LogP) is 1.94. The first kappa shape index (κ1) is 9.41. The summed E-state index contributed by atoms with van der Waals surface area (Å²) in [4.78, 5) is 0. The third-order valence-electron chi connectivity index (χ3n) is 2.00. The minimum atomic E-state index is -0.264. The van der Waals surface area contributed by atoms with Crippen molar-refractivity contribution in [2.45, 2.75) is 6.54 Å². The molecule has 1 heterocycles. The van der Waals surface area contributed by atoms with Gasteiger partial charge in [-0.3, -0.25) is 4.68 Å². The van der Waals surface area contributed by atoms with Gasteiger partial charge in [0, 0.05) is 6.20 Å². The van der Waals surface area contributed by atoms with E-state index in [-0.39, 0.29) is 5.82 Å². The summed E-state index contributed by atoms with van der Waals surface area (Å²) >= 11 is 0. The molecule has 4 heteroatoms. The van der Waals surface area contributed by atoms with Gasteiger partial charge in [0.05, 0.1) is 18.3 Å². The zero-order valence-electron chi connectivity index (χ0n) is 7.89. The second kappa shape index (κ2) is 3.93. The molecule has 0 unspecified atom stereocenters. The molecular weight excluding hydrogens is 193 g/mol. The topological polar surface area (TPSA) is 41.6 Å². The molecule has 0 radical (unpaired) electrons. The van der Waals surface area contributed by atoms with Crippen LogP contribution in [0.1, 0.15) is 11.1 Å². The molecular formula is C11H8FN3. The molecule has 0 aliphatic heterocycles. The molecule has 0 aliphatic rings. The molecule has 0 saturated carbocycles. The lowest BCUT2D eigenvalue weighted by Gasteiger charge is -2.00. The van der Waals surface area contributed by atoms with Gasteiger partial charge in [0.15, 0.2) is 0 Å². The van der Waals surface area contributed by atoms with Crippen molar-refractivity contribution >= 4 is 0 Å². The van der Waals surface area contributed by atoms with Crippen LogP contribution in [-0.2, 0) is 6.54 Å². The van der Waals surface area contributed by atoms with Crippen LogP contribution in [0.25, 0.3) is 0 Å². The summed E-state index contributed by atoms with van der Waals surface area (Å²) in [6, 6.07) is 8.30. The van der Waals surface area contributed by atoms with Gasteiger partial charge in [0.25, 0.3) is 0 Å². The molecule has 0 bridgehead atoms. The zero-order valence-corrected chi connectivity index (χ0v) is 7.89. The highest BCUT2D eigenvalue weighted by Crippen LogP contribution is 2.06. The first-order valence-electron chi connectivity index (χ1n) is 4.45. The molecule has 74 valence electrons. The summed E-state index contributed by atoms with van der Waals surface area (Å²) in [5, 5.41) is 12.6. The van der Waals surface area contributed by atoms with Crippen molar-refractivity contribution in [3.8, 4) is 6.07 Å². The zero-order chi connectivity index (χ0) is 10.7. The molecule has 1 aromatic heterocycles. The van der Waals surface area contributed by atoms with Crippen molar-refractivity contribution in [2.24, 2.45) is 0 Å². The Morgan fingerprint density at radius 1 is 1.47 bits per heavy atom. The molecule has 2 rings (SSSR count). The van der Waals surface area contributed by atoms with Crippen molar-refractivity contribution in [2.75, 3.05) is 0 Å². The number of halogens is 1. The van der Waals surface area contributed by atoms with Crippen LogP contribution >= 0.6 is 0 Å². The highest BCUT2D eigenvalue weighted by atomic mass is 19.1. The van der Waals surface area contributed by atoms with E-state index < -0.39 is 0 Å². The lowest BCUT2D eigenvalue weighted by molar-refractivity contribution is 0.619. The Kier molecular flexibility index (Phi) is 2.46. The fourth-order valence-corrected chi connectivity index (χ4v) is 1.33. The lowest BCUT2D eigenvalue weighted by atomic mass is 10.2. The highest BCUT2D eigenvalue weighted by Gasteiger charge is 1.99.